The van der Waals surface area contributed by atoms with Crippen LogP contribution < -0.4 is 9.64 Å². The molecule has 0 unspecified atom stereocenters. The number of para-hydroxylation sites is 1. The number of aliphatic hydroxyl groups excluding tert-OH is 1. The van der Waals surface area contributed by atoms with Crippen molar-refractivity contribution in [1.82, 2.24) is 4.90 Å². The predicted octanol–water partition coefficient (Wildman–Crippen LogP) is 3.21. The minimum absolute atomic E-state index is 0.292. The number of ether oxygens (including phenoxy) is 1. The summed E-state index contributed by atoms with van der Waals surface area (Å²) in [6, 6.07) is 16.0. The molecule has 1 aliphatic heterocycles. The Bertz CT molecular complexity index is 673. The lowest BCUT2D eigenvalue weighted by Gasteiger charge is -2.36. The standard InChI is InChI=1S/C20H25ClN2O2/c1-16-13-19(7-8-20(16)21)25-15-18(24)14-22-9-11-23(12-10-22)17-5-3-2-4-6-17/h2-8,13,18,24H,9-12,14-15H2,1H3/t18-/m0/s1. The van der Waals surface area contributed by atoms with Crippen molar-refractivity contribution in [2.24, 2.45) is 0 Å². The zero-order chi connectivity index (χ0) is 17.6. The molecule has 1 atom stereocenters. The van der Waals surface area contributed by atoms with Gasteiger partial charge in [-0.15, -0.1) is 0 Å². The Morgan fingerprint density at radius 1 is 1.08 bits per heavy atom. The van der Waals surface area contributed by atoms with Crippen molar-refractivity contribution < 1.29 is 9.84 Å². The molecule has 0 radical (unpaired) electrons. The molecule has 0 spiro atoms. The normalized spacial score (nSPS) is 16.7. The lowest BCUT2D eigenvalue weighted by atomic mass is 10.2. The Labute approximate surface area is 154 Å². The first-order chi connectivity index (χ1) is 12.1. The highest BCUT2D eigenvalue weighted by Crippen LogP contribution is 2.21. The number of anilines is 1. The molecule has 0 saturated carbocycles. The predicted molar refractivity (Wildman–Crippen MR) is 103 cm³/mol. The number of β-amino-alcohol motifs (C(OH)–C–C–N with tert-alkyl or cyclic N) is 1. The Hall–Kier alpha value is -1.75. The summed E-state index contributed by atoms with van der Waals surface area (Å²) in [5, 5.41) is 11.0. The molecule has 2 aromatic rings. The molecule has 1 aliphatic rings. The quantitative estimate of drug-likeness (QED) is 0.858. The zero-order valence-electron chi connectivity index (χ0n) is 14.6. The van der Waals surface area contributed by atoms with Gasteiger partial charge in [0.05, 0.1) is 0 Å². The van der Waals surface area contributed by atoms with Crippen LogP contribution in [0.1, 0.15) is 5.56 Å². The number of nitrogens with zero attached hydrogens (tertiary/aromatic N) is 2. The van der Waals surface area contributed by atoms with Gasteiger partial charge in [0, 0.05) is 43.4 Å². The molecule has 1 fully saturated rings. The number of aryl methyl sites for hydroxylation is 1. The SMILES string of the molecule is Cc1cc(OC[C@@H](O)CN2CCN(c3ccccc3)CC2)ccc1Cl. The molecule has 1 heterocycles. The Morgan fingerprint density at radius 2 is 1.80 bits per heavy atom. The minimum atomic E-state index is -0.501. The van der Waals surface area contributed by atoms with E-state index < -0.39 is 6.10 Å². The summed E-state index contributed by atoms with van der Waals surface area (Å²) < 4.78 is 5.69. The van der Waals surface area contributed by atoms with E-state index in [-0.39, 0.29) is 0 Å². The van der Waals surface area contributed by atoms with Gasteiger partial charge >= 0.3 is 0 Å². The molecule has 0 aliphatic carbocycles. The van der Waals surface area contributed by atoms with Gasteiger partial charge in [0.15, 0.2) is 0 Å². The maximum atomic E-state index is 10.3. The summed E-state index contributed by atoms with van der Waals surface area (Å²) in [5.41, 5.74) is 2.25. The first-order valence-corrected chi connectivity index (χ1v) is 9.09. The van der Waals surface area contributed by atoms with Gasteiger partial charge in [-0.2, -0.15) is 0 Å². The molecule has 0 aromatic heterocycles. The topological polar surface area (TPSA) is 35.9 Å². The third kappa shape index (κ3) is 5.11. The molecule has 2 aromatic carbocycles. The third-order valence-corrected chi connectivity index (χ3v) is 4.96. The first-order valence-electron chi connectivity index (χ1n) is 8.71. The summed E-state index contributed by atoms with van der Waals surface area (Å²) in [6.45, 7) is 6.73. The van der Waals surface area contributed by atoms with Crippen LogP contribution >= 0.6 is 11.6 Å². The van der Waals surface area contributed by atoms with Crippen molar-refractivity contribution in [2.45, 2.75) is 13.0 Å². The van der Waals surface area contributed by atoms with Gasteiger partial charge in [0.25, 0.3) is 0 Å². The van der Waals surface area contributed by atoms with Crippen molar-refractivity contribution in [3.63, 3.8) is 0 Å². The summed E-state index contributed by atoms with van der Waals surface area (Å²) in [6.07, 6.45) is -0.501. The molecule has 3 rings (SSSR count). The Morgan fingerprint density at radius 3 is 2.48 bits per heavy atom. The maximum Gasteiger partial charge on any atom is 0.119 e. The summed E-state index contributed by atoms with van der Waals surface area (Å²) in [7, 11) is 0. The zero-order valence-corrected chi connectivity index (χ0v) is 15.3. The van der Waals surface area contributed by atoms with E-state index in [0.717, 1.165) is 42.5 Å². The van der Waals surface area contributed by atoms with Crippen molar-refractivity contribution in [2.75, 3.05) is 44.2 Å². The Balaban J connectivity index is 1.41. The van der Waals surface area contributed by atoms with E-state index >= 15 is 0 Å². The molecule has 25 heavy (non-hydrogen) atoms. The van der Waals surface area contributed by atoms with Gasteiger partial charge in [-0.1, -0.05) is 29.8 Å². The van der Waals surface area contributed by atoms with E-state index in [1.807, 2.05) is 31.2 Å². The second-order valence-electron chi connectivity index (χ2n) is 6.50. The van der Waals surface area contributed by atoms with Crippen LogP contribution in [-0.4, -0.2) is 55.4 Å². The van der Waals surface area contributed by atoms with Crippen LogP contribution in [0, 0.1) is 6.92 Å². The van der Waals surface area contributed by atoms with E-state index in [2.05, 4.69) is 34.1 Å². The number of hydrogen-bond donors (Lipinski definition) is 1. The van der Waals surface area contributed by atoms with Crippen molar-refractivity contribution in [1.29, 1.82) is 0 Å². The van der Waals surface area contributed by atoms with Crippen LogP contribution in [0.15, 0.2) is 48.5 Å². The molecule has 0 amide bonds. The minimum Gasteiger partial charge on any atom is -0.491 e. The van der Waals surface area contributed by atoms with Crippen molar-refractivity contribution >= 4 is 17.3 Å². The first kappa shape index (κ1) is 18.1. The molecule has 4 nitrogen and oxygen atoms in total. The smallest absolute Gasteiger partial charge is 0.119 e. The number of aliphatic hydroxyl groups is 1. The van der Waals surface area contributed by atoms with Crippen LogP contribution in [0.2, 0.25) is 5.02 Å². The fourth-order valence-electron chi connectivity index (χ4n) is 3.08. The largest absolute Gasteiger partial charge is 0.491 e. The fraction of sp³-hybridized carbons (Fsp3) is 0.400. The van der Waals surface area contributed by atoms with Gasteiger partial charge in [-0.3, -0.25) is 4.90 Å². The lowest BCUT2D eigenvalue weighted by molar-refractivity contribution is 0.0663. The second-order valence-corrected chi connectivity index (χ2v) is 6.91. The number of halogens is 1. The average Bonchev–Trinajstić information content (AvgIpc) is 2.64. The monoisotopic (exact) mass is 360 g/mol. The van der Waals surface area contributed by atoms with Crippen LogP contribution in [0.4, 0.5) is 5.69 Å². The molecule has 1 N–H and O–H groups in total. The van der Waals surface area contributed by atoms with E-state index in [0.29, 0.717) is 13.2 Å². The summed E-state index contributed by atoms with van der Waals surface area (Å²) in [4.78, 5) is 4.68. The molecule has 1 saturated heterocycles. The van der Waals surface area contributed by atoms with Crippen LogP contribution in [-0.2, 0) is 0 Å². The highest BCUT2D eigenvalue weighted by Gasteiger charge is 2.19. The molecular weight excluding hydrogens is 336 g/mol. The lowest BCUT2D eigenvalue weighted by Crippen LogP contribution is -2.49. The highest BCUT2D eigenvalue weighted by atomic mass is 35.5. The van der Waals surface area contributed by atoms with Gasteiger partial charge in [-0.05, 0) is 42.8 Å². The van der Waals surface area contributed by atoms with E-state index in [1.54, 1.807) is 0 Å². The van der Waals surface area contributed by atoms with E-state index in [4.69, 9.17) is 16.3 Å². The number of piperazine rings is 1. The Kier molecular flexibility index (Phi) is 6.19. The molecule has 134 valence electrons. The number of rotatable bonds is 6. The fourth-order valence-corrected chi connectivity index (χ4v) is 3.20. The van der Waals surface area contributed by atoms with Crippen LogP contribution in [0.5, 0.6) is 5.75 Å². The second kappa shape index (κ2) is 8.56. The van der Waals surface area contributed by atoms with Crippen LogP contribution in [0.3, 0.4) is 0 Å². The summed E-state index contributed by atoms with van der Waals surface area (Å²) in [5.74, 6) is 0.745. The molecule has 0 bridgehead atoms. The van der Waals surface area contributed by atoms with Gasteiger partial charge < -0.3 is 14.7 Å². The molecular formula is C20H25ClN2O2. The average molecular weight is 361 g/mol. The molecule has 5 heteroatoms. The van der Waals surface area contributed by atoms with Crippen molar-refractivity contribution in [3.8, 4) is 5.75 Å². The van der Waals surface area contributed by atoms with Crippen molar-refractivity contribution in [3.05, 3.63) is 59.1 Å². The van der Waals surface area contributed by atoms with Gasteiger partial charge in [0.2, 0.25) is 0 Å². The van der Waals surface area contributed by atoms with E-state index in [9.17, 15) is 5.11 Å². The van der Waals surface area contributed by atoms with Gasteiger partial charge in [-0.25, -0.2) is 0 Å². The summed E-state index contributed by atoms with van der Waals surface area (Å²) >= 11 is 6.01. The maximum absolute atomic E-state index is 10.3. The third-order valence-electron chi connectivity index (χ3n) is 4.53. The number of hydrogen-bond acceptors (Lipinski definition) is 4. The van der Waals surface area contributed by atoms with E-state index in [1.165, 1.54) is 5.69 Å². The number of benzene rings is 2. The van der Waals surface area contributed by atoms with Gasteiger partial charge in [0.1, 0.15) is 18.5 Å². The highest BCUT2D eigenvalue weighted by molar-refractivity contribution is 6.31. The van der Waals surface area contributed by atoms with Crippen LogP contribution in [0.25, 0.3) is 0 Å².